The molecule has 0 saturated carbocycles. The highest BCUT2D eigenvalue weighted by Crippen LogP contribution is 2.29. The van der Waals surface area contributed by atoms with E-state index in [0.29, 0.717) is 13.2 Å². The number of hydrogen-bond donors (Lipinski definition) is 0. The predicted molar refractivity (Wildman–Crippen MR) is 68.7 cm³/mol. The second kappa shape index (κ2) is 5.82. The lowest BCUT2D eigenvalue weighted by Crippen LogP contribution is -2.13. The van der Waals surface area contributed by atoms with Gasteiger partial charge in [0.1, 0.15) is 4.90 Å². The van der Waals surface area contributed by atoms with Crippen molar-refractivity contribution >= 4 is 41.6 Å². The van der Waals surface area contributed by atoms with E-state index in [1.165, 1.54) is 0 Å². The zero-order chi connectivity index (χ0) is 14.0. The zero-order valence-electron chi connectivity index (χ0n) is 9.60. The van der Waals surface area contributed by atoms with Gasteiger partial charge in [0, 0.05) is 29.3 Å². The molecule has 2 heterocycles. The molecular formula is C10H10BrClO6S. The van der Waals surface area contributed by atoms with Crippen LogP contribution < -0.4 is 0 Å². The number of rotatable bonds is 4. The van der Waals surface area contributed by atoms with Crippen LogP contribution in [0.15, 0.2) is 20.0 Å². The minimum absolute atomic E-state index is 0.126. The molecule has 1 aliphatic heterocycles. The maximum Gasteiger partial charge on any atom is 0.374 e. The normalized spacial score (nSPS) is 19.6. The van der Waals surface area contributed by atoms with Crippen molar-refractivity contribution < 1.29 is 27.1 Å². The lowest BCUT2D eigenvalue weighted by molar-refractivity contribution is 0.0391. The summed E-state index contributed by atoms with van der Waals surface area (Å²) in [7, 11) is 1.20. The van der Waals surface area contributed by atoms with E-state index in [0.717, 1.165) is 12.5 Å². The summed E-state index contributed by atoms with van der Waals surface area (Å²) in [5, 5.41) is 0. The van der Waals surface area contributed by atoms with Gasteiger partial charge in [0.25, 0.3) is 9.05 Å². The zero-order valence-corrected chi connectivity index (χ0v) is 12.8. The van der Waals surface area contributed by atoms with E-state index in [9.17, 15) is 13.2 Å². The Morgan fingerprint density at radius 1 is 1.58 bits per heavy atom. The second-order valence-electron chi connectivity index (χ2n) is 4.01. The van der Waals surface area contributed by atoms with Gasteiger partial charge >= 0.3 is 5.97 Å². The van der Waals surface area contributed by atoms with Crippen LogP contribution in [0.3, 0.4) is 0 Å². The van der Waals surface area contributed by atoms with Crippen LogP contribution in [0.25, 0.3) is 0 Å². The standard InChI is InChI=1S/C10H10BrClO6S/c11-9-8(19(12,14)15)3-7(18-9)10(13)17-5-6-1-2-16-4-6/h3,6H,1-2,4-5H2. The Kier molecular flexibility index (Phi) is 4.54. The van der Waals surface area contributed by atoms with Crippen molar-refractivity contribution in [2.24, 2.45) is 5.92 Å². The van der Waals surface area contributed by atoms with Gasteiger partial charge in [0.15, 0.2) is 4.67 Å². The summed E-state index contributed by atoms with van der Waals surface area (Å²) >= 11 is 2.88. The van der Waals surface area contributed by atoms with Gasteiger partial charge in [0.05, 0.1) is 13.2 Å². The van der Waals surface area contributed by atoms with Gasteiger partial charge in [-0.1, -0.05) is 0 Å². The average Bonchev–Trinajstić information content (AvgIpc) is 2.93. The topological polar surface area (TPSA) is 82.8 Å². The third kappa shape index (κ3) is 3.71. The van der Waals surface area contributed by atoms with Gasteiger partial charge in [-0.05, 0) is 22.4 Å². The smallest absolute Gasteiger partial charge is 0.374 e. The fraction of sp³-hybridized carbons (Fsp3) is 0.500. The van der Waals surface area contributed by atoms with Crippen LogP contribution in [0.1, 0.15) is 17.0 Å². The third-order valence-electron chi connectivity index (χ3n) is 2.59. The largest absolute Gasteiger partial charge is 0.459 e. The van der Waals surface area contributed by atoms with Gasteiger partial charge in [-0.3, -0.25) is 0 Å². The van der Waals surface area contributed by atoms with Gasteiger partial charge in [-0.15, -0.1) is 0 Å². The molecular weight excluding hydrogens is 364 g/mol. The highest BCUT2D eigenvalue weighted by molar-refractivity contribution is 9.10. The van der Waals surface area contributed by atoms with Gasteiger partial charge in [0.2, 0.25) is 5.76 Å². The number of furan rings is 1. The van der Waals surface area contributed by atoms with Crippen LogP contribution in [0.4, 0.5) is 0 Å². The quantitative estimate of drug-likeness (QED) is 0.594. The van der Waals surface area contributed by atoms with E-state index in [2.05, 4.69) is 15.9 Å². The van der Waals surface area contributed by atoms with Crippen molar-refractivity contribution in [3.8, 4) is 0 Å². The Hall–Kier alpha value is -0.570. The van der Waals surface area contributed by atoms with E-state index >= 15 is 0 Å². The van der Waals surface area contributed by atoms with E-state index in [1.54, 1.807) is 0 Å². The molecule has 106 valence electrons. The highest BCUT2D eigenvalue weighted by Gasteiger charge is 2.25. The minimum atomic E-state index is -3.97. The number of hydrogen-bond acceptors (Lipinski definition) is 6. The van der Waals surface area contributed by atoms with Crippen molar-refractivity contribution in [1.29, 1.82) is 0 Å². The Morgan fingerprint density at radius 3 is 2.84 bits per heavy atom. The van der Waals surface area contributed by atoms with Crippen molar-refractivity contribution in [1.82, 2.24) is 0 Å². The molecule has 0 radical (unpaired) electrons. The predicted octanol–water partition coefficient (Wildman–Crippen LogP) is 2.16. The summed E-state index contributed by atoms with van der Waals surface area (Å²) < 4.78 is 37.3. The van der Waals surface area contributed by atoms with Gasteiger partial charge in [-0.25, -0.2) is 13.2 Å². The molecule has 0 bridgehead atoms. The minimum Gasteiger partial charge on any atom is -0.459 e. The van der Waals surface area contributed by atoms with E-state index in [-0.39, 0.29) is 27.9 Å². The Balaban J connectivity index is 2.03. The second-order valence-corrected chi connectivity index (χ2v) is 7.27. The average molecular weight is 374 g/mol. The maximum atomic E-state index is 11.7. The first-order valence-electron chi connectivity index (χ1n) is 5.37. The molecule has 19 heavy (non-hydrogen) atoms. The molecule has 0 aliphatic carbocycles. The van der Waals surface area contributed by atoms with Crippen molar-refractivity contribution in [3.63, 3.8) is 0 Å². The van der Waals surface area contributed by atoms with E-state index in [1.807, 2.05) is 0 Å². The first kappa shape index (κ1) is 14.8. The number of carbonyl (C=O) groups is 1. The molecule has 6 nitrogen and oxygen atoms in total. The van der Waals surface area contributed by atoms with Crippen LogP contribution in [-0.2, 0) is 18.5 Å². The SMILES string of the molecule is O=C(OCC1CCOC1)c1cc(S(=O)(=O)Cl)c(Br)o1. The summed E-state index contributed by atoms with van der Waals surface area (Å²) in [4.78, 5) is 11.4. The van der Waals surface area contributed by atoms with E-state index in [4.69, 9.17) is 24.6 Å². The molecule has 1 unspecified atom stereocenters. The maximum absolute atomic E-state index is 11.7. The lowest BCUT2D eigenvalue weighted by atomic mass is 10.1. The van der Waals surface area contributed by atoms with Crippen molar-refractivity contribution in [2.45, 2.75) is 11.3 Å². The fourth-order valence-corrected chi connectivity index (χ4v) is 3.63. The molecule has 0 amide bonds. The summed E-state index contributed by atoms with van der Waals surface area (Å²) in [5.74, 6) is -0.789. The molecule has 1 saturated heterocycles. The summed E-state index contributed by atoms with van der Waals surface area (Å²) in [6, 6.07) is 1.03. The molecule has 1 aromatic rings. The molecule has 1 aromatic heterocycles. The number of esters is 1. The monoisotopic (exact) mass is 372 g/mol. The van der Waals surface area contributed by atoms with Crippen LogP contribution >= 0.6 is 26.6 Å². The molecule has 0 N–H and O–H groups in total. The number of carbonyl (C=O) groups excluding carboxylic acids is 1. The van der Waals surface area contributed by atoms with Crippen molar-refractivity contribution in [3.05, 3.63) is 16.5 Å². The molecule has 1 atom stereocenters. The van der Waals surface area contributed by atoms with Gasteiger partial charge < -0.3 is 13.9 Å². The number of ether oxygens (including phenoxy) is 2. The molecule has 1 aliphatic rings. The molecule has 0 aromatic carbocycles. The molecule has 0 spiro atoms. The Labute approximate surface area is 122 Å². The summed E-state index contributed by atoms with van der Waals surface area (Å²) in [5.41, 5.74) is 0. The highest BCUT2D eigenvalue weighted by atomic mass is 79.9. The molecule has 9 heteroatoms. The Morgan fingerprint density at radius 2 is 2.32 bits per heavy atom. The first-order chi connectivity index (χ1) is 8.88. The van der Waals surface area contributed by atoms with Crippen LogP contribution in [0.5, 0.6) is 0 Å². The Bertz CT molecular complexity index is 575. The third-order valence-corrected chi connectivity index (χ3v) is 4.77. The lowest BCUT2D eigenvalue weighted by Gasteiger charge is -2.07. The van der Waals surface area contributed by atoms with Crippen molar-refractivity contribution in [2.75, 3.05) is 19.8 Å². The van der Waals surface area contributed by atoms with Gasteiger partial charge in [-0.2, -0.15) is 0 Å². The fourth-order valence-electron chi connectivity index (χ4n) is 1.60. The molecule has 1 fully saturated rings. The summed E-state index contributed by atoms with van der Waals surface area (Å²) in [6.07, 6.45) is 0.830. The van der Waals surface area contributed by atoms with E-state index < -0.39 is 15.0 Å². The number of halogens is 2. The van der Waals surface area contributed by atoms with Crippen LogP contribution in [0, 0.1) is 5.92 Å². The van der Waals surface area contributed by atoms with Crippen LogP contribution in [0.2, 0.25) is 0 Å². The molecule has 2 rings (SSSR count). The summed E-state index contributed by atoms with van der Waals surface area (Å²) in [6.45, 7) is 1.42. The van der Waals surface area contributed by atoms with Crippen LogP contribution in [-0.4, -0.2) is 34.2 Å². The first-order valence-corrected chi connectivity index (χ1v) is 8.47.